The van der Waals surface area contributed by atoms with E-state index in [0.29, 0.717) is 25.0 Å². The second kappa shape index (κ2) is 5.72. The van der Waals surface area contributed by atoms with Crippen molar-refractivity contribution < 1.29 is 4.74 Å². The van der Waals surface area contributed by atoms with Crippen molar-refractivity contribution in [3.8, 4) is 0 Å². The number of thiazole rings is 1. The summed E-state index contributed by atoms with van der Waals surface area (Å²) in [5.41, 5.74) is 9.66. The SMILES string of the molecule is CN(Cc1cscn1)c1cc([C@@H]2CCOC2)nc(N)n1. The van der Waals surface area contributed by atoms with Crippen molar-refractivity contribution in [1.29, 1.82) is 0 Å². The highest BCUT2D eigenvalue weighted by Crippen LogP contribution is 2.26. The number of nitrogen functional groups attached to an aromatic ring is 1. The second-order valence-corrected chi connectivity index (χ2v) is 5.62. The Bertz CT molecular complexity index is 568. The highest BCUT2D eigenvalue weighted by atomic mass is 32.1. The Hall–Kier alpha value is -1.73. The molecule has 20 heavy (non-hydrogen) atoms. The van der Waals surface area contributed by atoms with E-state index >= 15 is 0 Å². The zero-order valence-corrected chi connectivity index (χ0v) is 12.1. The molecule has 106 valence electrons. The van der Waals surface area contributed by atoms with Gasteiger partial charge in [0.05, 0.1) is 30.1 Å². The third-order valence-corrected chi connectivity index (χ3v) is 4.01. The summed E-state index contributed by atoms with van der Waals surface area (Å²) in [7, 11) is 1.98. The minimum Gasteiger partial charge on any atom is -0.381 e. The molecule has 0 unspecified atom stereocenters. The van der Waals surface area contributed by atoms with Crippen molar-refractivity contribution in [1.82, 2.24) is 15.0 Å². The molecule has 2 N–H and O–H groups in total. The molecule has 1 fully saturated rings. The smallest absolute Gasteiger partial charge is 0.222 e. The number of hydrogen-bond acceptors (Lipinski definition) is 7. The van der Waals surface area contributed by atoms with Gasteiger partial charge in [0.2, 0.25) is 5.95 Å². The summed E-state index contributed by atoms with van der Waals surface area (Å²) in [6.07, 6.45) is 0.992. The summed E-state index contributed by atoms with van der Waals surface area (Å²) in [5.74, 6) is 1.47. The lowest BCUT2D eigenvalue weighted by Gasteiger charge is -2.19. The molecule has 2 aromatic rings. The largest absolute Gasteiger partial charge is 0.381 e. The van der Waals surface area contributed by atoms with E-state index in [1.807, 2.05) is 28.9 Å². The summed E-state index contributed by atoms with van der Waals surface area (Å²) in [6.45, 7) is 2.21. The predicted molar refractivity (Wildman–Crippen MR) is 78.8 cm³/mol. The van der Waals surface area contributed by atoms with Crippen molar-refractivity contribution in [3.05, 3.63) is 28.3 Å². The molecule has 0 aliphatic carbocycles. The molecular weight excluding hydrogens is 274 g/mol. The first-order chi connectivity index (χ1) is 9.72. The molecule has 1 aliphatic rings. The van der Waals surface area contributed by atoms with E-state index in [0.717, 1.165) is 30.2 Å². The number of hydrogen-bond donors (Lipinski definition) is 1. The Kier molecular flexibility index (Phi) is 3.79. The van der Waals surface area contributed by atoms with Crippen LogP contribution < -0.4 is 10.6 Å². The van der Waals surface area contributed by atoms with Crippen molar-refractivity contribution in [2.24, 2.45) is 0 Å². The van der Waals surface area contributed by atoms with Crippen LogP contribution in [0.25, 0.3) is 0 Å². The van der Waals surface area contributed by atoms with E-state index in [2.05, 4.69) is 15.0 Å². The number of anilines is 2. The quantitative estimate of drug-likeness (QED) is 0.923. The van der Waals surface area contributed by atoms with Gasteiger partial charge in [0.1, 0.15) is 5.82 Å². The Morgan fingerprint density at radius 1 is 1.50 bits per heavy atom. The first-order valence-electron chi connectivity index (χ1n) is 6.53. The van der Waals surface area contributed by atoms with Crippen molar-refractivity contribution in [2.45, 2.75) is 18.9 Å². The monoisotopic (exact) mass is 291 g/mol. The van der Waals surface area contributed by atoms with Crippen LogP contribution in [0, 0.1) is 0 Å². The maximum atomic E-state index is 5.83. The topological polar surface area (TPSA) is 77.2 Å². The second-order valence-electron chi connectivity index (χ2n) is 4.91. The maximum absolute atomic E-state index is 5.83. The Labute approximate surface area is 121 Å². The molecule has 3 rings (SSSR count). The van der Waals surface area contributed by atoms with Crippen molar-refractivity contribution in [3.63, 3.8) is 0 Å². The van der Waals surface area contributed by atoms with Crippen LogP contribution in [-0.4, -0.2) is 35.2 Å². The van der Waals surface area contributed by atoms with Crippen LogP contribution >= 0.6 is 11.3 Å². The van der Waals surface area contributed by atoms with E-state index in [1.54, 1.807) is 11.3 Å². The van der Waals surface area contributed by atoms with Crippen LogP contribution in [-0.2, 0) is 11.3 Å². The third kappa shape index (κ3) is 2.88. The van der Waals surface area contributed by atoms with E-state index in [1.165, 1.54) is 0 Å². The van der Waals surface area contributed by atoms with Crippen LogP contribution in [0.15, 0.2) is 17.0 Å². The highest BCUT2D eigenvalue weighted by Gasteiger charge is 2.21. The number of aromatic nitrogens is 3. The molecule has 1 atom stereocenters. The molecule has 3 heterocycles. The van der Waals surface area contributed by atoms with E-state index in [4.69, 9.17) is 10.5 Å². The summed E-state index contributed by atoms with van der Waals surface area (Å²) in [4.78, 5) is 15.0. The summed E-state index contributed by atoms with van der Waals surface area (Å²) >= 11 is 1.59. The molecule has 0 amide bonds. The van der Waals surface area contributed by atoms with E-state index in [-0.39, 0.29) is 0 Å². The molecule has 7 heteroatoms. The van der Waals surface area contributed by atoms with Gasteiger partial charge in [0.15, 0.2) is 0 Å². The molecule has 0 saturated carbocycles. The van der Waals surface area contributed by atoms with Crippen LogP contribution in [0.2, 0.25) is 0 Å². The molecule has 0 aromatic carbocycles. The molecule has 0 bridgehead atoms. The minimum atomic E-state index is 0.314. The number of nitrogens with two attached hydrogens (primary N) is 1. The molecule has 0 radical (unpaired) electrons. The third-order valence-electron chi connectivity index (χ3n) is 3.37. The summed E-state index contributed by atoms with van der Waals surface area (Å²) in [5, 5.41) is 2.03. The molecule has 0 spiro atoms. The van der Waals surface area contributed by atoms with Gasteiger partial charge in [-0.3, -0.25) is 0 Å². The van der Waals surface area contributed by atoms with Crippen molar-refractivity contribution >= 4 is 23.1 Å². The average Bonchev–Trinajstić information content (AvgIpc) is 3.11. The van der Waals surface area contributed by atoms with Gasteiger partial charge in [-0.1, -0.05) is 0 Å². The highest BCUT2D eigenvalue weighted by molar-refractivity contribution is 7.07. The van der Waals surface area contributed by atoms with Gasteiger partial charge < -0.3 is 15.4 Å². The fraction of sp³-hybridized carbons (Fsp3) is 0.462. The fourth-order valence-electron chi connectivity index (χ4n) is 2.28. The minimum absolute atomic E-state index is 0.314. The molecule has 1 aliphatic heterocycles. The average molecular weight is 291 g/mol. The molecule has 1 saturated heterocycles. The van der Waals surface area contributed by atoms with Crippen LogP contribution in [0.4, 0.5) is 11.8 Å². The lowest BCUT2D eigenvalue weighted by molar-refractivity contribution is 0.193. The first-order valence-corrected chi connectivity index (χ1v) is 7.47. The van der Waals surface area contributed by atoms with Crippen molar-refractivity contribution in [2.75, 3.05) is 30.9 Å². The predicted octanol–water partition coefficient (Wildman–Crippen LogP) is 1.66. The maximum Gasteiger partial charge on any atom is 0.222 e. The summed E-state index contributed by atoms with van der Waals surface area (Å²) < 4.78 is 5.41. The fourth-order valence-corrected chi connectivity index (χ4v) is 2.83. The van der Waals surface area contributed by atoms with Gasteiger partial charge in [-0.15, -0.1) is 11.3 Å². The molecular formula is C13H17N5OS. The number of ether oxygens (including phenoxy) is 1. The van der Waals surface area contributed by atoms with Crippen LogP contribution in [0.5, 0.6) is 0 Å². The van der Waals surface area contributed by atoms with Gasteiger partial charge in [-0.05, 0) is 6.42 Å². The van der Waals surface area contributed by atoms with Gasteiger partial charge in [0.25, 0.3) is 0 Å². The Balaban J connectivity index is 1.81. The normalized spacial score (nSPS) is 18.4. The zero-order valence-electron chi connectivity index (χ0n) is 11.3. The van der Waals surface area contributed by atoms with Crippen LogP contribution in [0.1, 0.15) is 23.7 Å². The van der Waals surface area contributed by atoms with Crippen LogP contribution in [0.3, 0.4) is 0 Å². The zero-order chi connectivity index (χ0) is 13.9. The van der Waals surface area contributed by atoms with E-state index < -0.39 is 0 Å². The lowest BCUT2D eigenvalue weighted by Crippen LogP contribution is -2.19. The van der Waals surface area contributed by atoms with E-state index in [9.17, 15) is 0 Å². The number of nitrogens with zero attached hydrogens (tertiary/aromatic N) is 4. The first kappa shape index (κ1) is 13.3. The Morgan fingerprint density at radius 3 is 3.10 bits per heavy atom. The van der Waals surface area contributed by atoms with Gasteiger partial charge in [-0.25, -0.2) is 9.97 Å². The van der Waals surface area contributed by atoms with Gasteiger partial charge >= 0.3 is 0 Å². The summed E-state index contributed by atoms with van der Waals surface area (Å²) in [6, 6.07) is 2.00. The molecule has 2 aromatic heterocycles. The standard InChI is InChI=1S/C13H17N5OS/c1-18(5-10-7-20-8-15-10)12-4-11(16-13(14)17-12)9-2-3-19-6-9/h4,7-9H,2-3,5-6H2,1H3,(H2,14,16,17)/t9-/m1/s1. The lowest BCUT2D eigenvalue weighted by atomic mass is 10.0. The Morgan fingerprint density at radius 2 is 2.40 bits per heavy atom. The number of rotatable bonds is 4. The van der Waals surface area contributed by atoms with Gasteiger partial charge in [0, 0.05) is 31.0 Å². The van der Waals surface area contributed by atoms with Gasteiger partial charge in [-0.2, -0.15) is 4.98 Å². The molecule has 6 nitrogen and oxygen atoms in total.